The summed E-state index contributed by atoms with van der Waals surface area (Å²) < 4.78 is 5.58. The van der Waals surface area contributed by atoms with Gasteiger partial charge in [-0.25, -0.2) is 0 Å². The maximum Gasteiger partial charge on any atom is 0.313 e. The van der Waals surface area contributed by atoms with E-state index in [1.807, 2.05) is 36.4 Å². The first kappa shape index (κ1) is 12.9. The largest absolute Gasteiger partial charge is 0.457 e. The van der Waals surface area contributed by atoms with Crippen LogP contribution in [0.5, 0.6) is 0 Å². The van der Waals surface area contributed by atoms with Gasteiger partial charge >= 0.3 is 5.97 Å². The Kier molecular flexibility index (Phi) is 3.85. The first-order valence-electron chi connectivity index (χ1n) is 6.59. The third kappa shape index (κ3) is 2.33. The fourth-order valence-electron chi connectivity index (χ4n) is 2.82. The van der Waals surface area contributed by atoms with Crippen LogP contribution in [0.25, 0.3) is 0 Å². The van der Waals surface area contributed by atoms with Crippen molar-refractivity contribution in [3.63, 3.8) is 0 Å². The Hall–Kier alpha value is -1.57. The number of rotatable bonds is 5. The third-order valence-electron chi connectivity index (χ3n) is 3.69. The predicted octanol–water partition coefficient (Wildman–Crippen LogP) is 4.04. The van der Waals surface area contributed by atoms with Crippen molar-refractivity contribution in [2.45, 2.75) is 38.7 Å². The molecule has 0 unspecified atom stereocenters. The Labute approximate surface area is 109 Å². The molecule has 1 heterocycles. The summed E-state index contributed by atoms with van der Waals surface area (Å²) in [4.78, 5) is 12.2. The minimum absolute atomic E-state index is 0.0573. The van der Waals surface area contributed by atoms with Crippen molar-refractivity contribution in [2.24, 2.45) is 5.41 Å². The van der Waals surface area contributed by atoms with Crippen molar-refractivity contribution < 1.29 is 9.53 Å². The van der Waals surface area contributed by atoms with Crippen LogP contribution in [0.4, 0.5) is 0 Å². The zero-order valence-corrected chi connectivity index (χ0v) is 10.9. The standard InChI is InChI=1S/C16H20O2/c1-3-10-16(11-4-2)12-14(18-15(16)17)13-8-6-5-7-9-13/h3,5-9,14H,1,4,10-12H2,2H3/t14-,16-/m0/s1. The molecule has 2 heteroatoms. The number of ether oxygens (including phenoxy) is 1. The summed E-state index contributed by atoms with van der Waals surface area (Å²) in [5, 5.41) is 0. The highest BCUT2D eigenvalue weighted by molar-refractivity contribution is 5.79. The van der Waals surface area contributed by atoms with Crippen molar-refractivity contribution in [3.8, 4) is 0 Å². The highest BCUT2D eigenvalue weighted by Crippen LogP contribution is 2.47. The average molecular weight is 244 g/mol. The van der Waals surface area contributed by atoms with Gasteiger partial charge in [-0.3, -0.25) is 4.79 Å². The van der Waals surface area contributed by atoms with E-state index in [-0.39, 0.29) is 17.5 Å². The molecule has 2 rings (SSSR count). The van der Waals surface area contributed by atoms with Gasteiger partial charge in [0.2, 0.25) is 0 Å². The molecule has 0 bridgehead atoms. The van der Waals surface area contributed by atoms with Gasteiger partial charge in [-0.15, -0.1) is 6.58 Å². The summed E-state index contributed by atoms with van der Waals surface area (Å²) >= 11 is 0. The molecule has 2 nitrogen and oxygen atoms in total. The first-order valence-corrected chi connectivity index (χ1v) is 6.59. The molecule has 0 amide bonds. The summed E-state index contributed by atoms with van der Waals surface area (Å²) in [6.07, 6.45) is 5.10. The van der Waals surface area contributed by atoms with Gasteiger partial charge in [-0.2, -0.15) is 0 Å². The molecule has 1 aromatic rings. The first-order chi connectivity index (χ1) is 8.72. The summed E-state index contributed by atoms with van der Waals surface area (Å²) in [6.45, 7) is 5.88. The quantitative estimate of drug-likeness (QED) is 0.577. The lowest BCUT2D eigenvalue weighted by molar-refractivity contribution is -0.149. The molecule has 0 radical (unpaired) electrons. The van der Waals surface area contributed by atoms with Crippen molar-refractivity contribution in [1.29, 1.82) is 0 Å². The molecule has 2 atom stereocenters. The van der Waals surface area contributed by atoms with Crippen LogP contribution in [0.1, 0.15) is 44.3 Å². The fourth-order valence-corrected chi connectivity index (χ4v) is 2.82. The monoisotopic (exact) mass is 244 g/mol. The van der Waals surface area contributed by atoms with Crippen molar-refractivity contribution >= 4 is 5.97 Å². The van der Waals surface area contributed by atoms with Crippen LogP contribution in [0.2, 0.25) is 0 Å². The number of allylic oxidation sites excluding steroid dienone is 1. The van der Waals surface area contributed by atoms with Gasteiger partial charge in [0, 0.05) is 6.42 Å². The van der Waals surface area contributed by atoms with E-state index in [1.165, 1.54) is 0 Å². The molecular weight excluding hydrogens is 224 g/mol. The van der Waals surface area contributed by atoms with Crippen LogP contribution in [0.3, 0.4) is 0 Å². The molecule has 1 aliphatic rings. The maximum absolute atomic E-state index is 12.2. The smallest absolute Gasteiger partial charge is 0.313 e. The minimum atomic E-state index is -0.350. The van der Waals surface area contributed by atoms with Crippen molar-refractivity contribution in [3.05, 3.63) is 48.6 Å². The van der Waals surface area contributed by atoms with Gasteiger partial charge in [0.15, 0.2) is 0 Å². The molecule has 0 aliphatic carbocycles. The average Bonchev–Trinajstić information content (AvgIpc) is 2.69. The Morgan fingerprint density at radius 2 is 2.17 bits per heavy atom. The van der Waals surface area contributed by atoms with Gasteiger partial charge in [-0.1, -0.05) is 49.8 Å². The van der Waals surface area contributed by atoms with E-state index in [9.17, 15) is 4.79 Å². The molecular formula is C16H20O2. The number of hydrogen-bond acceptors (Lipinski definition) is 2. The number of cyclic esters (lactones) is 1. The van der Waals surface area contributed by atoms with Crippen LogP contribution in [-0.2, 0) is 9.53 Å². The zero-order chi connectivity index (χ0) is 13.0. The highest BCUT2D eigenvalue weighted by atomic mass is 16.6. The van der Waals surface area contributed by atoms with Crippen LogP contribution in [0.15, 0.2) is 43.0 Å². The summed E-state index contributed by atoms with van der Waals surface area (Å²) in [6, 6.07) is 9.98. The Morgan fingerprint density at radius 3 is 2.78 bits per heavy atom. The fraction of sp³-hybridized carbons (Fsp3) is 0.438. The van der Waals surface area contributed by atoms with E-state index in [0.29, 0.717) is 6.42 Å². The predicted molar refractivity (Wildman–Crippen MR) is 72.0 cm³/mol. The molecule has 96 valence electrons. The van der Waals surface area contributed by atoms with E-state index in [1.54, 1.807) is 0 Å². The van der Waals surface area contributed by atoms with E-state index in [0.717, 1.165) is 24.8 Å². The maximum atomic E-state index is 12.2. The van der Waals surface area contributed by atoms with Crippen LogP contribution in [-0.4, -0.2) is 5.97 Å². The van der Waals surface area contributed by atoms with Gasteiger partial charge in [0.1, 0.15) is 6.10 Å². The number of benzene rings is 1. The third-order valence-corrected chi connectivity index (χ3v) is 3.69. The second-order valence-electron chi connectivity index (χ2n) is 5.03. The Morgan fingerprint density at radius 1 is 1.44 bits per heavy atom. The van der Waals surface area contributed by atoms with Crippen LogP contribution < -0.4 is 0 Å². The van der Waals surface area contributed by atoms with Gasteiger partial charge in [0.25, 0.3) is 0 Å². The summed E-state index contributed by atoms with van der Waals surface area (Å²) in [5.74, 6) is -0.0573. The van der Waals surface area contributed by atoms with E-state index in [2.05, 4.69) is 13.5 Å². The van der Waals surface area contributed by atoms with Crippen molar-refractivity contribution in [1.82, 2.24) is 0 Å². The second kappa shape index (κ2) is 5.38. The van der Waals surface area contributed by atoms with Gasteiger partial charge in [0.05, 0.1) is 5.41 Å². The van der Waals surface area contributed by atoms with Gasteiger partial charge in [-0.05, 0) is 18.4 Å². The van der Waals surface area contributed by atoms with Crippen LogP contribution >= 0.6 is 0 Å². The summed E-state index contributed by atoms with van der Waals surface area (Å²) in [5.41, 5.74) is 0.740. The molecule has 1 fully saturated rings. The Bertz CT molecular complexity index is 424. The van der Waals surface area contributed by atoms with Gasteiger partial charge < -0.3 is 4.74 Å². The Balaban J connectivity index is 2.21. The zero-order valence-electron chi connectivity index (χ0n) is 10.9. The van der Waals surface area contributed by atoms with E-state index in [4.69, 9.17) is 4.74 Å². The number of carbonyl (C=O) groups is 1. The SMILES string of the molecule is C=CC[C@]1(CCC)C[C@@H](c2ccccc2)OC1=O. The lowest BCUT2D eigenvalue weighted by Gasteiger charge is -2.22. The highest BCUT2D eigenvalue weighted by Gasteiger charge is 2.47. The molecule has 0 saturated carbocycles. The van der Waals surface area contributed by atoms with E-state index < -0.39 is 0 Å². The molecule has 0 spiro atoms. The molecule has 0 N–H and O–H groups in total. The minimum Gasteiger partial charge on any atom is -0.457 e. The molecule has 1 aliphatic heterocycles. The van der Waals surface area contributed by atoms with E-state index >= 15 is 0 Å². The second-order valence-corrected chi connectivity index (χ2v) is 5.03. The molecule has 18 heavy (non-hydrogen) atoms. The summed E-state index contributed by atoms with van der Waals surface area (Å²) in [7, 11) is 0. The topological polar surface area (TPSA) is 26.3 Å². The molecule has 1 saturated heterocycles. The number of hydrogen-bond donors (Lipinski definition) is 0. The van der Waals surface area contributed by atoms with Crippen molar-refractivity contribution in [2.75, 3.05) is 0 Å². The molecule has 1 aromatic carbocycles. The molecule has 0 aromatic heterocycles. The number of esters is 1. The lowest BCUT2D eigenvalue weighted by atomic mass is 9.77. The van der Waals surface area contributed by atoms with Crippen LogP contribution in [0, 0.1) is 5.41 Å². The number of carbonyl (C=O) groups excluding carboxylic acids is 1. The lowest BCUT2D eigenvalue weighted by Crippen LogP contribution is -2.25. The normalized spacial score (nSPS) is 26.9.